The van der Waals surface area contributed by atoms with Crippen molar-refractivity contribution in [2.24, 2.45) is 17.6 Å². The molecule has 5 nitrogen and oxygen atoms in total. The molecule has 0 aromatic rings. The van der Waals surface area contributed by atoms with Crippen molar-refractivity contribution in [3.8, 4) is 0 Å². The average molecular weight is 202 g/mol. The fourth-order valence-corrected chi connectivity index (χ4v) is 2.05. The van der Waals surface area contributed by atoms with Gasteiger partial charge in [-0.3, -0.25) is 0 Å². The zero-order valence-corrected chi connectivity index (χ0v) is 8.35. The lowest BCUT2D eigenvalue weighted by Crippen LogP contribution is -2.22. The molecule has 0 aromatic carbocycles. The molecule has 1 saturated carbocycles. The fourth-order valence-electron chi connectivity index (χ4n) is 2.05. The number of hydrogen-bond acceptors (Lipinski definition) is 4. The second-order valence-electron chi connectivity index (χ2n) is 3.97. The average Bonchev–Trinajstić information content (AvgIpc) is 2.18. The molecule has 0 radical (unpaired) electrons. The summed E-state index contributed by atoms with van der Waals surface area (Å²) < 4.78 is 0. The Morgan fingerprint density at radius 1 is 1.29 bits per heavy atom. The van der Waals surface area contributed by atoms with E-state index >= 15 is 0 Å². The molecular formula is C9H18N2O3. The highest BCUT2D eigenvalue weighted by atomic mass is 16.9. The molecule has 14 heavy (non-hydrogen) atoms. The number of nitrogens with zero attached hydrogens (tertiary/aromatic N) is 1. The van der Waals surface area contributed by atoms with Crippen molar-refractivity contribution in [2.45, 2.75) is 32.1 Å². The molecule has 0 bridgehead atoms. The fraction of sp³-hybridized carbons (Fsp3) is 1.00. The predicted octanol–water partition coefficient (Wildman–Crippen LogP) is 1.35. The third-order valence-electron chi connectivity index (χ3n) is 3.02. The minimum absolute atomic E-state index is 0.241. The summed E-state index contributed by atoms with van der Waals surface area (Å²) in [6.45, 7) is 1.02. The largest absolute Gasteiger partial charge is 0.330 e. The molecule has 0 aliphatic heterocycles. The van der Waals surface area contributed by atoms with E-state index in [9.17, 15) is 10.1 Å². The molecule has 0 amide bonds. The first-order valence-electron chi connectivity index (χ1n) is 5.19. The van der Waals surface area contributed by atoms with Crippen molar-refractivity contribution < 1.29 is 9.92 Å². The van der Waals surface area contributed by atoms with Crippen LogP contribution in [0, 0.1) is 22.0 Å². The first-order chi connectivity index (χ1) is 6.72. The molecule has 0 aromatic heterocycles. The lowest BCUT2D eigenvalue weighted by atomic mass is 9.81. The van der Waals surface area contributed by atoms with E-state index in [2.05, 4.69) is 4.84 Å². The lowest BCUT2D eigenvalue weighted by Gasteiger charge is -2.27. The van der Waals surface area contributed by atoms with Gasteiger partial charge in [0.1, 0.15) is 0 Å². The minimum atomic E-state index is -0.717. The number of hydrogen-bond donors (Lipinski definition) is 1. The van der Waals surface area contributed by atoms with Crippen LogP contribution in [0.25, 0.3) is 0 Å². The summed E-state index contributed by atoms with van der Waals surface area (Å²) in [6, 6.07) is 0. The van der Waals surface area contributed by atoms with Gasteiger partial charge in [-0.15, -0.1) is 10.1 Å². The topological polar surface area (TPSA) is 78.4 Å². The van der Waals surface area contributed by atoms with Crippen LogP contribution >= 0.6 is 0 Å². The van der Waals surface area contributed by atoms with Crippen LogP contribution in [0.2, 0.25) is 0 Å². The van der Waals surface area contributed by atoms with Crippen molar-refractivity contribution in [3.05, 3.63) is 10.1 Å². The smallest absolute Gasteiger partial charge is 0.294 e. The molecule has 0 atom stereocenters. The molecule has 0 saturated heterocycles. The molecule has 0 heterocycles. The quantitative estimate of drug-likeness (QED) is 0.539. The summed E-state index contributed by atoms with van der Waals surface area (Å²) >= 11 is 0. The minimum Gasteiger partial charge on any atom is -0.330 e. The van der Waals surface area contributed by atoms with Crippen LogP contribution in [0.5, 0.6) is 0 Å². The third kappa shape index (κ3) is 3.91. The van der Waals surface area contributed by atoms with Gasteiger partial charge in [-0.05, 0) is 37.6 Å². The molecule has 0 spiro atoms. The van der Waals surface area contributed by atoms with Gasteiger partial charge >= 0.3 is 0 Å². The maximum absolute atomic E-state index is 9.91. The maximum Gasteiger partial charge on any atom is 0.294 e. The standard InChI is InChI=1S/C9H18N2O3/c10-7-9-3-1-8(2-4-9)5-6-14-11(12)13/h8-9H,1-7,10H2. The molecule has 1 aliphatic rings. The molecular weight excluding hydrogens is 184 g/mol. The summed E-state index contributed by atoms with van der Waals surface area (Å²) in [7, 11) is 0. The van der Waals surface area contributed by atoms with E-state index in [1.807, 2.05) is 0 Å². The van der Waals surface area contributed by atoms with E-state index in [-0.39, 0.29) is 6.61 Å². The Balaban J connectivity index is 2.07. The van der Waals surface area contributed by atoms with E-state index < -0.39 is 5.09 Å². The first-order valence-corrected chi connectivity index (χ1v) is 5.19. The van der Waals surface area contributed by atoms with Crippen LogP contribution in [0.4, 0.5) is 0 Å². The molecule has 5 heteroatoms. The highest BCUT2D eigenvalue weighted by Crippen LogP contribution is 2.29. The van der Waals surface area contributed by atoms with Gasteiger partial charge in [0.15, 0.2) is 0 Å². The monoisotopic (exact) mass is 202 g/mol. The van der Waals surface area contributed by atoms with E-state index in [0.29, 0.717) is 11.8 Å². The molecule has 2 N–H and O–H groups in total. The predicted molar refractivity (Wildman–Crippen MR) is 52.1 cm³/mol. The third-order valence-corrected chi connectivity index (χ3v) is 3.02. The van der Waals surface area contributed by atoms with Crippen LogP contribution in [-0.2, 0) is 4.84 Å². The zero-order chi connectivity index (χ0) is 10.4. The Morgan fingerprint density at radius 3 is 2.36 bits per heavy atom. The van der Waals surface area contributed by atoms with Crippen molar-refractivity contribution >= 4 is 0 Å². The Labute approximate surface area is 83.7 Å². The molecule has 0 unspecified atom stereocenters. The van der Waals surface area contributed by atoms with Crippen LogP contribution in [0.1, 0.15) is 32.1 Å². The van der Waals surface area contributed by atoms with Gasteiger partial charge in [0, 0.05) is 0 Å². The summed E-state index contributed by atoms with van der Waals surface area (Å²) in [5, 5.41) is 9.19. The van der Waals surface area contributed by atoms with E-state index in [1.165, 1.54) is 12.8 Å². The van der Waals surface area contributed by atoms with Crippen LogP contribution in [0.3, 0.4) is 0 Å². The van der Waals surface area contributed by atoms with Crippen LogP contribution < -0.4 is 5.73 Å². The summed E-state index contributed by atoms with van der Waals surface area (Å²) in [4.78, 5) is 14.2. The Bertz CT molecular complexity index is 179. The number of rotatable bonds is 5. The Kier molecular flexibility index (Phi) is 4.65. The van der Waals surface area contributed by atoms with Crippen molar-refractivity contribution in [1.82, 2.24) is 0 Å². The zero-order valence-electron chi connectivity index (χ0n) is 8.35. The summed E-state index contributed by atoms with van der Waals surface area (Å²) in [5.74, 6) is 1.26. The summed E-state index contributed by atoms with van der Waals surface area (Å²) in [6.07, 6.45) is 5.42. The van der Waals surface area contributed by atoms with Gasteiger partial charge < -0.3 is 10.6 Å². The second kappa shape index (κ2) is 5.80. The highest BCUT2D eigenvalue weighted by Gasteiger charge is 2.19. The van der Waals surface area contributed by atoms with Crippen molar-refractivity contribution in [2.75, 3.05) is 13.2 Å². The molecule has 1 rings (SSSR count). The van der Waals surface area contributed by atoms with Gasteiger partial charge in [0.05, 0.1) is 6.61 Å². The SMILES string of the molecule is NCC1CCC(CCO[N+](=O)[O-])CC1. The molecule has 82 valence electrons. The normalized spacial score (nSPS) is 27.2. The highest BCUT2D eigenvalue weighted by molar-refractivity contribution is 4.72. The number of nitrogens with two attached hydrogens (primary N) is 1. The van der Waals surface area contributed by atoms with E-state index in [0.717, 1.165) is 25.8 Å². The molecule has 1 fully saturated rings. The first kappa shape index (κ1) is 11.2. The van der Waals surface area contributed by atoms with Gasteiger partial charge in [-0.25, -0.2) is 0 Å². The van der Waals surface area contributed by atoms with Crippen LogP contribution in [0.15, 0.2) is 0 Å². The molecule has 1 aliphatic carbocycles. The van der Waals surface area contributed by atoms with Crippen molar-refractivity contribution in [3.63, 3.8) is 0 Å². The van der Waals surface area contributed by atoms with Gasteiger partial charge in [-0.2, -0.15) is 0 Å². The van der Waals surface area contributed by atoms with Gasteiger partial charge in [0.2, 0.25) is 0 Å². The van der Waals surface area contributed by atoms with E-state index in [1.54, 1.807) is 0 Å². The second-order valence-corrected chi connectivity index (χ2v) is 3.97. The maximum atomic E-state index is 9.91. The van der Waals surface area contributed by atoms with Gasteiger partial charge in [-0.1, -0.05) is 12.8 Å². The van der Waals surface area contributed by atoms with E-state index in [4.69, 9.17) is 5.73 Å². The Hall–Kier alpha value is -0.840. The van der Waals surface area contributed by atoms with Crippen LogP contribution in [-0.4, -0.2) is 18.2 Å². The lowest BCUT2D eigenvalue weighted by molar-refractivity contribution is -0.758. The Morgan fingerprint density at radius 2 is 1.86 bits per heavy atom. The summed E-state index contributed by atoms with van der Waals surface area (Å²) in [5.41, 5.74) is 5.57. The van der Waals surface area contributed by atoms with Gasteiger partial charge in [0.25, 0.3) is 5.09 Å². The van der Waals surface area contributed by atoms with Crippen molar-refractivity contribution in [1.29, 1.82) is 0 Å².